The molecule has 0 spiro atoms. The Kier molecular flexibility index (Phi) is 5.00. The van der Waals surface area contributed by atoms with Crippen LogP contribution in [0.1, 0.15) is 27.6 Å². The molecule has 106 valence electrons. The van der Waals surface area contributed by atoms with Gasteiger partial charge in [-0.25, -0.2) is 0 Å². The topological polar surface area (TPSA) is 9.23 Å². The highest BCUT2D eigenvalue weighted by Crippen LogP contribution is 2.43. The van der Waals surface area contributed by atoms with Gasteiger partial charge in [0.1, 0.15) is 5.75 Å². The van der Waals surface area contributed by atoms with Crippen molar-refractivity contribution in [2.24, 2.45) is 0 Å². The summed E-state index contributed by atoms with van der Waals surface area (Å²) in [5.74, 6) is 0.811. The van der Waals surface area contributed by atoms with Crippen molar-refractivity contribution in [1.29, 1.82) is 0 Å². The average Bonchev–Trinajstić information content (AvgIpc) is 2.42. The molecular formula is C16H15BrCl2O. The molecule has 4 heteroatoms. The maximum Gasteiger partial charge on any atom is 0.127 e. The van der Waals surface area contributed by atoms with E-state index in [-0.39, 0.29) is 5.38 Å². The van der Waals surface area contributed by atoms with E-state index in [0.717, 1.165) is 32.5 Å². The van der Waals surface area contributed by atoms with Gasteiger partial charge in [0.2, 0.25) is 0 Å². The van der Waals surface area contributed by atoms with Gasteiger partial charge in [0, 0.05) is 15.1 Å². The van der Waals surface area contributed by atoms with E-state index in [1.165, 1.54) is 0 Å². The molecule has 0 saturated carbocycles. The predicted octanol–water partition coefficient (Wildman–Crippen LogP) is 6.06. The minimum absolute atomic E-state index is 0.352. The lowest BCUT2D eigenvalue weighted by molar-refractivity contribution is 0.406. The normalized spacial score (nSPS) is 12.3. The third kappa shape index (κ3) is 2.83. The van der Waals surface area contributed by atoms with E-state index >= 15 is 0 Å². The summed E-state index contributed by atoms with van der Waals surface area (Å²) in [7, 11) is 1.66. The summed E-state index contributed by atoms with van der Waals surface area (Å²) in [6.45, 7) is 4.02. The van der Waals surface area contributed by atoms with Crippen LogP contribution < -0.4 is 4.74 Å². The molecule has 1 unspecified atom stereocenters. The molecule has 0 heterocycles. The Balaban J connectivity index is 2.66. The van der Waals surface area contributed by atoms with Crippen LogP contribution in [-0.4, -0.2) is 7.11 Å². The minimum Gasteiger partial charge on any atom is -0.496 e. The summed E-state index contributed by atoms with van der Waals surface area (Å²) in [6.07, 6.45) is 0. The number of hydrogen-bond acceptors (Lipinski definition) is 1. The van der Waals surface area contributed by atoms with Crippen LogP contribution in [-0.2, 0) is 0 Å². The van der Waals surface area contributed by atoms with Crippen LogP contribution in [0.15, 0.2) is 34.8 Å². The molecule has 0 aliphatic heterocycles. The highest BCUT2D eigenvalue weighted by molar-refractivity contribution is 9.10. The van der Waals surface area contributed by atoms with Crippen LogP contribution in [0.3, 0.4) is 0 Å². The first-order valence-corrected chi connectivity index (χ1v) is 7.80. The van der Waals surface area contributed by atoms with Gasteiger partial charge in [0.15, 0.2) is 0 Å². The van der Waals surface area contributed by atoms with E-state index in [2.05, 4.69) is 15.9 Å². The number of alkyl halides is 1. The molecule has 0 aliphatic rings. The van der Waals surface area contributed by atoms with Crippen molar-refractivity contribution in [2.75, 3.05) is 7.11 Å². The van der Waals surface area contributed by atoms with Crippen LogP contribution >= 0.6 is 39.1 Å². The SMILES string of the molecule is COc1c(C)cc(Br)c(C)c1C(Cl)c1ccccc1Cl. The van der Waals surface area contributed by atoms with E-state index < -0.39 is 0 Å². The van der Waals surface area contributed by atoms with Gasteiger partial charge in [-0.15, -0.1) is 11.6 Å². The Hall–Kier alpha value is -0.700. The number of aryl methyl sites for hydroxylation is 1. The van der Waals surface area contributed by atoms with Gasteiger partial charge < -0.3 is 4.74 Å². The highest BCUT2D eigenvalue weighted by atomic mass is 79.9. The van der Waals surface area contributed by atoms with E-state index in [0.29, 0.717) is 5.02 Å². The monoisotopic (exact) mass is 372 g/mol. The summed E-state index contributed by atoms with van der Waals surface area (Å²) >= 11 is 16.5. The fraction of sp³-hybridized carbons (Fsp3) is 0.250. The summed E-state index contributed by atoms with van der Waals surface area (Å²) in [6, 6.07) is 9.65. The van der Waals surface area contributed by atoms with E-state index in [4.69, 9.17) is 27.9 Å². The Morgan fingerprint density at radius 2 is 1.85 bits per heavy atom. The van der Waals surface area contributed by atoms with E-state index in [9.17, 15) is 0 Å². The highest BCUT2D eigenvalue weighted by Gasteiger charge is 2.23. The summed E-state index contributed by atoms with van der Waals surface area (Å²) in [5.41, 5.74) is 3.94. The molecule has 0 aliphatic carbocycles. The lowest BCUT2D eigenvalue weighted by Crippen LogP contribution is -2.03. The molecule has 2 aromatic carbocycles. The molecule has 0 fully saturated rings. The van der Waals surface area contributed by atoms with Crippen LogP contribution in [0, 0.1) is 13.8 Å². The van der Waals surface area contributed by atoms with Crippen LogP contribution in [0.25, 0.3) is 0 Å². The molecule has 2 aromatic rings. The lowest BCUT2D eigenvalue weighted by atomic mass is 9.96. The molecule has 0 aromatic heterocycles. The van der Waals surface area contributed by atoms with Crippen molar-refractivity contribution in [3.05, 3.63) is 62.1 Å². The first-order chi connectivity index (χ1) is 9.47. The van der Waals surface area contributed by atoms with Crippen molar-refractivity contribution >= 4 is 39.1 Å². The van der Waals surface area contributed by atoms with Gasteiger partial charge in [-0.3, -0.25) is 0 Å². The van der Waals surface area contributed by atoms with Crippen molar-refractivity contribution < 1.29 is 4.74 Å². The average molecular weight is 374 g/mol. The standard InChI is InChI=1S/C16H15BrCl2O/c1-9-8-12(17)10(2)14(16(9)20-3)15(19)11-6-4-5-7-13(11)18/h4-8,15H,1-3H3. The maximum atomic E-state index is 6.68. The van der Waals surface area contributed by atoms with E-state index in [1.54, 1.807) is 7.11 Å². The van der Waals surface area contributed by atoms with Gasteiger partial charge in [-0.2, -0.15) is 0 Å². The van der Waals surface area contributed by atoms with Crippen LogP contribution in [0.2, 0.25) is 5.02 Å². The van der Waals surface area contributed by atoms with Crippen LogP contribution in [0.5, 0.6) is 5.75 Å². The Bertz CT molecular complexity index is 641. The van der Waals surface area contributed by atoms with Gasteiger partial charge in [-0.1, -0.05) is 45.7 Å². The first kappa shape index (κ1) is 15.7. The second kappa shape index (κ2) is 6.38. The van der Waals surface area contributed by atoms with Gasteiger partial charge >= 0.3 is 0 Å². The van der Waals surface area contributed by atoms with Gasteiger partial charge in [-0.05, 0) is 42.7 Å². The second-order valence-electron chi connectivity index (χ2n) is 4.63. The largest absolute Gasteiger partial charge is 0.496 e. The zero-order valence-corrected chi connectivity index (χ0v) is 14.6. The zero-order valence-electron chi connectivity index (χ0n) is 11.5. The smallest absolute Gasteiger partial charge is 0.127 e. The molecular weight excluding hydrogens is 359 g/mol. The number of rotatable bonds is 3. The first-order valence-electron chi connectivity index (χ1n) is 6.19. The van der Waals surface area contributed by atoms with Crippen molar-refractivity contribution in [3.8, 4) is 5.75 Å². The molecule has 0 radical (unpaired) electrons. The number of halogens is 3. The number of benzene rings is 2. The third-order valence-electron chi connectivity index (χ3n) is 3.34. The van der Waals surface area contributed by atoms with Crippen molar-refractivity contribution in [3.63, 3.8) is 0 Å². The number of hydrogen-bond donors (Lipinski definition) is 0. The Morgan fingerprint density at radius 1 is 1.20 bits per heavy atom. The summed E-state index contributed by atoms with van der Waals surface area (Å²) in [5, 5.41) is 0.307. The number of ether oxygens (including phenoxy) is 1. The van der Waals surface area contributed by atoms with E-state index in [1.807, 2.05) is 44.2 Å². The van der Waals surface area contributed by atoms with Crippen LogP contribution in [0.4, 0.5) is 0 Å². The Labute approximate surface area is 138 Å². The molecule has 0 saturated heterocycles. The maximum absolute atomic E-state index is 6.68. The molecule has 20 heavy (non-hydrogen) atoms. The third-order valence-corrected chi connectivity index (χ3v) is 4.97. The fourth-order valence-corrected chi connectivity index (χ4v) is 3.60. The summed E-state index contributed by atoms with van der Waals surface area (Å²) < 4.78 is 6.56. The lowest BCUT2D eigenvalue weighted by Gasteiger charge is -2.21. The van der Waals surface area contributed by atoms with Gasteiger partial charge in [0.05, 0.1) is 12.5 Å². The zero-order chi connectivity index (χ0) is 14.9. The quantitative estimate of drug-likeness (QED) is 0.594. The van der Waals surface area contributed by atoms with Gasteiger partial charge in [0.25, 0.3) is 0 Å². The predicted molar refractivity (Wildman–Crippen MR) is 89.3 cm³/mol. The summed E-state index contributed by atoms with van der Waals surface area (Å²) in [4.78, 5) is 0. The Morgan fingerprint density at radius 3 is 2.45 bits per heavy atom. The van der Waals surface area contributed by atoms with Crippen molar-refractivity contribution in [2.45, 2.75) is 19.2 Å². The fourth-order valence-electron chi connectivity index (χ4n) is 2.29. The molecule has 1 nitrogen and oxygen atoms in total. The molecule has 2 rings (SSSR count). The minimum atomic E-state index is -0.352. The molecule has 0 bridgehead atoms. The molecule has 0 N–H and O–H groups in total. The number of methoxy groups -OCH3 is 1. The molecule has 0 amide bonds. The van der Waals surface area contributed by atoms with Crippen molar-refractivity contribution in [1.82, 2.24) is 0 Å². The molecule has 1 atom stereocenters. The second-order valence-corrected chi connectivity index (χ2v) is 6.33.